The van der Waals surface area contributed by atoms with Crippen LogP contribution in [0, 0.1) is 6.92 Å². The minimum atomic E-state index is -0.603. The first-order chi connectivity index (χ1) is 8.97. The molecule has 2 aromatic rings. The van der Waals surface area contributed by atoms with E-state index in [-0.39, 0.29) is 11.3 Å². The maximum Gasteiger partial charge on any atom is 0.348 e. The summed E-state index contributed by atoms with van der Waals surface area (Å²) in [4.78, 5) is 16.0. The standard InChI is InChI=1S/C14H14N2O3/c1-8-7-12(17)13(14(18)19-8)9(2)16-11-5-3-10(15)4-6-11/h3-7,17H,15H2,1-2H3. The molecule has 0 atom stereocenters. The van der Waals surface area contributed by atoms with Crippen LogP contribution in [0.2, 0.25) is 0 Å². The Kier molecular flexibility index (Phi) is 3.37. The molecular formula is C14H14N2O3. The first kappa shape index (κ1) is 12.9. The number of nitrogens with zero attached hydrogens (tertiary/aromatic N) is 1. The number of benzene rings is 1. The molecule has 98 valence electrons. The van der Waals surface area contributed by atoms with E-state index in [1.54, 1.807) is 38.1 Å². The molecule has 0 spiro atoms. The number of rotatable bonds is 2. The molecule has 0 unspecified atom stereocenters. The highest BCUT2D eigenvalue weighted by Gasteiger charge is 2.12. The van der Waals surface area contributed by atoms with Gasteiger partial charge in [-0.1, -0.05) is 0 Å². The molecule has 2 rings (SSSR count). The lowest BCUT2D eigenvalue weighted by Gasteiger charge is -2.03. The minimum absolute atomic E-state index is 0.0717. The van der Waals surface area contributed by atoms with Crippen LogP contribution in [0.3, 0.4) is 0 Å². The van der Waals surface area contributed by atoms with Crippen LogP contribution < -0.4 is 11.4 Å². The van der Waals surface area contributed by atoms with Crippen LogP contribution in [0.4, 0.5) is 11.4 Å². The van der Waals surface area contributed by atoms with Crippen LogP contribution >= 0.6 is 0 Å². The van der Waals surface area contributed by atoms with Gasteiger partial charge in [0, 0.05) is 11.8 Å². The molecule has 5 nitrogen and oxygen atoms in total. The first-order valence-electron chi connectivity index (χ1n) is 5.72. The SMILES string of the molecule is CC(=Nc1ccc(N)cc1)c1c(O)cc(C)oc1=O. The van der Waals surface area contributed by atoms with E-state index in [1.807, 2.05) is 0 Å². The Morgan fingerprint density at radius 3 is 2.53 bits per heavy atom. The molecule has 1 heterocycles. The molecule has 1 aromatic carbocycles. The van der Waals surface area contributed by atoms with Crippen LogP contribution in [0.15, 0.2) is 44.5 Å². The van der Waals surface area contributed by atoms with Gasteiger partial charge in [-0.05, 0) is 38.1 Å². The van der Waals surface area contributed by atoms with Crippen molar-refractivity contribution in [2.45, 2.75) is 13.8 Å². The van der Waals surface area contributed by atoms with Gasteiger partial charge in [-0.3, -0.25) is 4.99 Å². The van der Waals surface area contributed by atoms with Crippen molar-refractivity contribution in [2.75, 3.05) is 5.73 Å². The summed E-state index contributed by atoms with van der Waals surface area (Å²) in [5.74, 6) is 0.219. The Balaban J connectivity index is 2.47. The van der Waals surface area contributed by atoms with Crippen molar-refractivity contribution in [1.29, 1.82) is 0 Å². The molecule has 0 aliphatic carbocycles. The summed E-state index contributed by atoms with van der Waals surface area (Å²) < 4.78 is 4.95. The van der Waals surface area contributed by atoms with Gasteiger partial charge in [-0.25, -0.2) is 4.79 Å². The van der Waals surface area contributed by atoms with Gasteiger partial charge in [-0.15, -0.1) is 0 Å². The van der Waals surface area contributed by atoms with Crippen molar-refractivity contribution < 1.29 is 9.52 Å². The number of anilines is 1. The summed E-state index contributed by atoms with van der Waals surface area (Å²) in [7, 11) is 0. The average molecular weight is 258 g/mol. The van der Waals surface area contributed by atoms with Crippen LogP contribution in [0.1, 0.15) is 18.2 Å². The number of aliphatic imine (C=N–C) groups is 1. The first-order valence-corrected chi connectivity index (χ1v) is 5.72. The molecule has 0 saturated carbocycles. The third-order valence-electron chi connectivity index (χ3n) is 2.61. The van der Waals surface area contributed by atoms with E-state index in [1.165, 1.54) is 6.07 Å². The molecule has 5 heteroatoms. The molecule has 1 aromatic heterocycles. The number of aryl methyl sites for hydroxylation is 1. The Bertz CT molecular complexity index is 685. The second kappa shape index (κ2) is 4.97. The lowest BCUT2D eigenvalue weighted by Crippen LogP contribution is -2.12. The van der Waals surface area contributed by atoms with Crippen molar-refractivity contribution >= 4 is 17.1 Å². The molecule has 3 N–H and O–H groups in total. The van der Waals surface area contributed by atoms with Crippen LogP contribution in [-0.4, -0.2) is 10.8 Å². The van der Waals surface area contributed by atoms with Gasteiger partial charge in [0.15, 0.2) is 0 Å². The quantitative estimate of drug-likeness (QED) is 0.639. The van der Waals surface area contributed by atoms with Gasteiger partial charge in [-0.2, -0.15) is 0 Å². The largest absolute Gasteiger partial charge is 0.507 e. The third-order valence-corrected chi connectivity index (χ3v) is 2.61. The molecule has 0 aliphatic rings. The van der Waals surface area contributed by atoms with Gasteiger partial charge in [0.2, 0.25) is 0 Å². The summed E-state index contributed by atoms with van der Waals surface area (Å²) in [5, 5.41) is 9.80. The Labute approximate surface area is 110 Å². The van der Waals surface area contributed by atoms with E-state index in [9.17, 15) is 9.90 Å². The Morgan fingerprint density at radius 1 is 1.32 bits per heavy atom. The maximum atomic E-state index is 11.7. The van der Waals surface area contributed by atoms with Crippen molar-refractivity contribution in [1.82, 2.24) is 0 Å². The monoisotopic (exact) mass is 258 g/mol. The molecule has 0 radical (unpaired) electrons. The van der Waals surface area contributed by atoms with Crippen molar-refractivity contribution in [3.8, 4) is 5.75 Å². The predicted octanol–water partition coefficient (Wildman–Crippen LogP) is 2.38. The molecular weight excluding hydrogens is 244 g/mol. The molecule has 19 heavy (non-hydrogen) atoms. The second-order valence-corrected chi connectivity index (χ2v) is 4.19. The lowest BCUT2D eigenvalue weighted by atomic mass is 10.1. The van der Waals surface area contributed by atoms with E-state index in [4.69, 9.17) is 10.2 Å². The fourth-order valence-electron chi connectivity index (χ4n) is 1.73. The van der Waals surface area contributed by atoms with E-state index in [2.05, 4.69) is 4.99 Å². The number of hydrogen-bond acceptors (Lipinski definition) is 5. The smallest absolute Gasteiger partial charge is 0.348 e. The van der Waals surface area contributed by atoms with Gasteiger partial charge in [0.05, 0.1) is 11.4 Å². The Hall–Kier alpha value is -2.56. The van der Waals surface area contributed by atoms with Gasteiger partial charge in [0.25, 0.3) is 0 Å². The van der Waals surface area contributed by atoms with Crippen LogP contribution in [0.25, 0.3) is 0 Å². The minimum Gasteiger partial charge on any atom is -0.507 e. The maximum absolute atomic E-state index is 11.7. The zero-order chi connectivity index (χ0) is 14.0. The summed E-state index contributed by atoms with van der Waals surface area (Å²) in [5.41, 5.74) is 6.71. The summed E-state index contributed by atoms with van der Waals surface area (Å²) in [6, 6.07) is 8.27. The summed E-state index contributed by atoms with van der Waals surface area (Å²) >= 11 is 0. The number of hydrogen-bond donors (Lipinski definition) is 2. The van der Waals surface area contributed by atoms with Crippen molar-refractivity contribution in [3.05, 3.63) is 52.1 Å². The molecule has 0 bridgehead atoms. The van der Waals surface area contributed by atoms with Gasteiger partial charge < -0.3 is 15.3 Å². The zero-order valence-corrected chi connectivity index (χ0v) is 10.7. The number of nitrogen functional groups attached to an aromatic ring is 1. The highest BCUT2D eigenvalue weighted by atomic mass is 16.4. The molecule has 0 aliphatic heterocycles. The predicted molar refractivity (Wildman–Crippen MR) is 74.1 cm³/mol. The summed E-state index contributed by atoms with van der Waals surface area (Å²) in [6.45, 7) is 3.23. The fourth-order valence-corrected chi connectivity index (χ4v) is 1.73. The highest BCUT2D eigenvalue weighted by Crippen LogP contribution is 2.19. The normalized spacial score (nSPS) is 11.6. The average Bonchev–Trinajstić information content (AvgIpc) is 2.30. The molecule has 0 fully saturated rings. The summed E-state index contributed by atoms with van der Waals surface area (Å²) in [6.07, 6.45) is 0. The molecule has 0 amide bonds. The third kappa shape index (κ3) is 2.82. The van der Waals surface area contributed by atoms with E-state index < -0.39 is 5.63 Å². The second-order valence-electron chi connectivity index (χ2n) is 4.19. The number of aromatic hydroxyl groups is 1. The van der Waals surface area contributed by atoms with E-state index in [0.717, 1.165) is 0 Å². The zero-order valence-electron chi connectivity index (χ0n) is 10.7. The molecule has 0 saturated heterocycles. The van der Waals surface area contributed by atoms with E-state index >= 15 is 0 Å². The fraction of sp³-hybridized carbons (Fsp3) is 0.143. The van der Waals surface area contributed by atoms with Crippen LogP contribution in [-0.2, 0) is 0 Å². The van der Waals surface area contributed by atoms with E-state index in [0.29, 0.717) is 22.8 Å². The topological polar surface area (TPSA) is 88.8 Å². The lowest BCUT2D eigenvalue weighted by molar-refractivity contribution is 0.432. The van der Waals surface area contributed by atoms with Crippen LogP contribution in [0.5, 0.6) is 5.75 Å². The highest BCUT2D eigenvalue weighted by molar-refractivity contribution is 6.01. The van der Waals surface area contributed by atoms with Gasteiger partial charge in [0.1, 0.15) is 17.1 Å². The van der Waals surface area contributed by atoms with Crippen molar-refractivity contribution in [3.63, 3.8) is 0 Å². The van der Waals surface area contributed by atoms with Crippen molar-refractivity contribution in [2.24, 2.45) is 4.99 Å². The number of nitrogens with two attached hydrogens (primary N) is 1. The Morgan fingerprint density at radius 2 is 1.95 bits per heavy atom. The van der Waals surface area contributed by atoms with Gasteiger partial charge >= 0.3 is 5.63 Å².